The van der Waals surface area contributed by atoms with Gasteiger partial charge in [0.1, 0.15) is 0 Å². The maximum atomic E-state index is 4.35. The summed E-state index contributed by atoms with van der Waals surface area (Å²) >= 11 is 0. The minimum Gasteiger partial charge on any atom is -0.381 e. The number of hydrogen-bond acceptors (Lipinski definition) is 3. The second-order valence-corrected chi connectivity index (χ2v) is 5.30. The van der Waals surface area contributed by atoms with E-state index in [9.17, 15) is 0 Å². The Morgan fingerprint density at radius 2 is 2.19 bits per heavy atom. The summed E-state index contributed by atoms with van der Waals surface area (Å²) in [5.41, 5.74) is 3.35. The molecule has 0 amide bonds. The molecule has 108 valence electrons. The van der Waals surface area contributed by atoms with Crippen molar-refractivity contribution >= 4 is 5.69 Å². The van der Waals surface area contributed by atoms with Crippen LogP contribution < -0.4 is 5.32 Å². The number of anilines is 1. The molecule has 0 saturated carbocycles. The molecular formula is C16H19N5. The van der Waals surface area contributed by atoms with Crippen LogP contribution in [0.1, 0.15) is 25.5 Å². The van der Waals surface area contributed by atoms with E-state index in [1.54, 1.807) is 12.5 Å². The Bertz CT molecular complexity index is 697. The number of rotatable bonds is 5. The van der Waals surface area contributed by atoms with Gasteiger partial charge in [0.2, 0.25) is 0 Å². The molecule has 0 aliphatic carbocycles. The molecule has 0 fully saturated rings. The molecule has 0 atom stereocenters. The Balaban J connectivity index is 1.69. The second kappa shape index (κ2) is 5.83. The summed E-state index contributed by atoms with van der Waals surface area (Å²) in [5, 5.41) is 7.78. The molecule has 0 aliphatic heterocycles. The maximum absolute atomic E-state index is 4.35. The molecular weight excluding hydrogens is 262 g/mol. The van der Waals surface area contributed by atoms with Crippen LogP contribution in [0.3, 0.4) is 0 Å². The predicted octanol–water partition coefficient (Wildman–Crippen LogP) is 3.26. The molecule has 0 unspecified atom stereocenters. The van der Waals surface area contributed by atoms with Gasteiger partial charge in [0.05, 0.1) is 12.5 Å². The van der Waals surface area contributed by atoms with E-state index in [2.05, 4.69) is 53.6 Å². The van der Waals surface area contributed by atoms with Crippen molar-refractivity contribution in [3.63, 3.8) is 0 Å². The lowest BCUT2D eigenvalue weighted by atomic mass is 10.2. The first kappa shape index (κ1) is 13.4. The third-order valence-electron chi connectivity index (χ3n) is 3.33. The van der Waals surface area contributed by atoms with Crippen molar-refractivity contribution < 1.29 is 0 Å². The molecule has 21 heavy (non-hydrogen) atoms. The molecule has 2 heterocycles. The fraction of sp³-hybridized carbons (Fsp3) is 0.250. The maximum Gasteiger partial charge on any atom is 0.0991 e. The minimum absolute atomic E-state index is 0.392. The Kier molecular flexibility index (Phi) is 3.73. The van der Waals surface area contributed by atoms with Crippen LogP contribution in [-0.4, -0.2) is 19.3 Å². The highest BCUT2D eigenvalue weighted by molar-refractivity contribution is 5.51. The number of aromatic nitrogens is 4. The quantitative estimate of drug-likeness (QED) is 0.781. The van der Waals surface area contributed by atoms with E-state index < -0.39 is 0 Å². The van der Waals surface area contributed by atoms with Crippen molar-refractivity contribution in [3.05, 3.63) is 60.9 Å². The largest absolute Gasteiger partial charge is 0.381 e. The van der Waals surface area contributed by atoms with E-state index in [1.165, 1.54) is 5.56 Å². The molecule has 0 bridgehead atoms. The van der Waals surface area contributed by atoms with E-state index in [0.717, 1.165) is 17.9 Å². The molecule has 1 aromatic carbocycles. The second-order valence-electron chi connectivity index (χ2n) is 5.30. The summed E-state index contributed by atoms with van der Waals surface area (Å²) in [5.74, 6) is 0. The lowest BCUT2D eigenvalue weighted by molar-refractivity contribution is 0.532. The van der Waals surface area contributed by atoms with E-state index in [-0.39, 0.29) is 0 Å². The van der Waals surface area contributed by atoms with Gasteiger partial charge in [-0.15, -0.1) is 0 Å². The van der Waals surface area contributed by atoms with Crippen LogP contribution in [-0.2, 0) is 6.54 Å². The first-order valence-corrected chi connectivity index (χ1v) is 7.07. The third kappa shape index (κ3) is 3.13. The average molecular weight is 281 g/mol. The van der Waals surface area contributed by atoms with E-state index in [1.807, 2.05) is 27.7 Å². The first-order valence-electron chi connectivity index (χ1n) is 7.07. The topological polar surface area (TPSA) is 47.7 Å². The van der Waals surface area contributed by atoms with Crippen LogP contribution in [0.5, 0.6) is 0 Å². The SMILES string of the molecule is CC(C)n1cc(CNc2cccc(-n3ccnc3)c2)cn1. The number of imidazole rings is 1. The predicted molar refractivity (Wildman–Crippen MR) is 83.5 cm³/mol. The molecule has 1 N–H and O–H groups in total. The van der Waals surface area contributed by atoms with Crippen molar-refractivity contribution in [1.29, 1.82) is 0 Å². The summed E-state index contributed by atoms with van der Waals surface area (Å²) < 4.78 is 3.96. The zero-order valence-corrected chi connectivity index (χ0v) is 12.3. The zero-order valence-electron chi connectivity index (χ0n) is 12.3. The summed E-state index contributed by atoms with van der Waals surface area (Å²) in [6.07, 6.45) is 9.50. The van der Waals surface area contributed by atoms with Gasteiger partial charge in [0.15, 0.2) is 0 Å². The van der Waals surface area contributed by atoms with Gasteiger partial charge in [-0.1, -0.05) is 6.07 Å². The van der Waals surface area contributed by atoms with Crippen LogP contribution in [0, 0.1) is 0 Å². The Hall–Kier alpha value is -2.56. The molecule has 0 spiro atoms. The van der Waals surface area contributed by atoms with Crippen LogP contribution in [0.25, 0.3) is 5.69 Å². The highest BCUT2D eigenvalue weighted by Gasteiger charge is 2.02. The summed E-state index contributed by atoms with van der Waals surface area (Å²) in [6.45, 7) is 5.01. The van der Waals surface area contributed by atoms with Gasteiger partial charge in [-0.25, -0.2) is 4.98 Å². The van der Waals surface area contributed by atoms with Gasteiger partial charge in [0, 0.05) is 48.1 Å². The highest BCUT2D eigenvalue weighted by atomic mass is 15.3. The number of hydrogen-bond donors (Lipinski definition) is 1. The van der Waals surface area contributed by atoms with Crippen molar-refractivity contribution in [2.24, 2.45) is 0 Å². The molecule has 2 aromatic heterocycles. The monoisotopic (exact) mass is 281 g/mol. The van der Waals surface area contributed by atoms with Gasteiger partial charge >= 0.3 is 0 Å². The van der Waals surface area contributed by atoms with Crippen LogP contribution in [0.4, 0.5) is 5.69 Å². The fourth-order valence-electron chi connectivity index (χ4n) is 2.14. The normalized spacial score (nSPS) is 11.0. The van der Waals surface area contributed by atoms with E-state index in [4.69, 9.17) is 0 Å². The van der Waals surface area contributed by atoms with Gasteiger partial charge in [0.25, 0.3) is 0 Å². The van der Waals surface area contributed by atoms with Gasteiger partial charge in [-0.3, -0.25) is 4.68 Å². The number of benzene rings is 1. The van der Waals surface area contributed by atoms with Gasteiger partial charge in [-0.05, 0) is 32.0 Å². The van der Waals surface area contributed by atoms with E-state index >= 15 is 0 Å². The van der Waals surface area contributed by atoms with Crippen molar-refractivity contribution in [2.75, 3.05) is 5.32 Å². The van der Waals surface area contributed by atoms with Crippen molar-refractivity contribution in [3.8, 4) is 5.69 Å². The lowest BCUT2D eigenvalue weighted by Gasteiger charge is -2.08. The smallest absolute Gasteiger partial charge is 0.0991 e. The Morgan fingerprint density at radius 1 is 1.29 bits per heavy atom. The molecule has 0 saturated heterocycles. The molecule has 3 rings (SSSR count). The third-order valence-corrected chi connectivity index (χ3v) is 3.33. The Morgan fingerprint density at radius 3 is 2.90 bits per heavy atom. The van der Waals surface area contributed by atoms with Crippen molar-refractivity contribution in [2.45, 2.75) is 26.4 Å². The minimum atomic E-state index is 0.392. The summed E-state index contributed by atoms with van der Waals surface area (Å²) in [7, 11) is 0. The molecule has 0 radical (unpaired) electrons. The first-order chi connectivity index (χ1) is 10.2. The fourth-order valence-corrected chi connectivity index (χ4v) is 2.14. The summed E-state index contributed by atoms with van der Waals surface area (Å²) in [6, 6.07) is 8.66. The van der Waals surface area contributed by atoms with Crippen LogP contribution in [0.15, 0.2) is 55.4 Å². The number of nitrogens with zero attached hydrogens (tertiary/aromatic N) is 4. The van der Waals surface area contributed by atoms with Crippen molar-refractivity contribution in [1.82, 2.24) is 19.3 Å². The van der Waals surface area contributed by atoms with E-state index in [0.29, 0.717) is 6.04 Å². The lowest BCUT2D eigenvalue weighted by Crippen LogP contribution is -2.01. The molecule has 3 aromatic rings. The molecule has 5 nitrogen and oxygen atoms in total. The molecule has 5 heteroatoms. The average Bonchev–Trinajstić information content (AvgIpc) is 3.17. The van der Waals surface area contributed by atoms with Crippen LogP contribution >= 0.6 is 0 Å². The van der Waals surface area contributed by atoms with Gasteiger partial charge in [-0.2, -0.15) is 5.10 Å². The number of nitrogens with one attached hydrogen (secondary N) is 1. The zero-order chi connectivity index (χ0) is 14.7. The summed E-state index contributed by atoms with van der Waals surface area (Å²) in [4.78, 5) is 4.07. The highest BCUT2D eigenvalue weighted by Crippen LogP contribution is 2.15. The standard InChI is InChI=1S/C16H19N5/c1-13(2)21-11-14(10-19-21)9-18-15-4-3-5-16(8-15)20-7-6-17-12-20/h3-8,10-13,18H,9H2,1-2H3. The van der Waals surface area contributed by atoms with Gasteiger partial charge < -0.3 is 9.88 Å². The van der Waals surface area contributed by atoms with Crippen LogP contribution in [0.2, 0.25) is 0 Å². The Labute approximate surface area is 124 Å². The molecule has 0 aliphatic rings.